The minimum Gasteiger partial charge on any atom is -0.396 e. The summed E-state index contributed by atoms with van der Waals surface area (Å²) in [7, 11) is 0. The van der Waals surface area contributed by atoms with Gasteiger partial charge < -0.3 is 10.0 Å². The van der Waals surface area contributed by atoms with E-state index < -0.39 is 0 Å². The van der Waals surface area contributed by atoms with Crippen LogP contribution < -0.4 is 4.90 Å². The number of benzene rings is 1. The second-order valence-electron chi connectivity index (χ2n) is 4.15. The summed E-state index contributed by atoms with van der Waals surface area (Å²) in [5.74, 6) is 0.420. The molecule has 1 N–H and O–H groups in total. The average molecular weight is 270 g/mol. The van der Waals surface area contributed by atoms with E-state index >= 15 is 0 Å². The van der Waals surface area contributed by atoms with Crippen molar-refractivity contribution in [1.29, 1.82) is 0 Å². The molecule has 82 valence electrons. The van der Waals surface area contributed by atoms with Crippen molar-refractivity contribution in [3.8, 4) is 0 Å². The topological polar surface area (TPSA) is 23.5 Å². The molecule has 1 aliphatic heterocycles. The third-order valence-corrected chi connectivity index (χ3v) is 3.78. The van der Waals surface area contributed by atoms with Crippen LogP contribution in [0.5, 0.6) is 0 Å². The zero-order chi connectivity index (χ0) is 10.8. The largest absolute Gasteiger partial charge is 0.396 e. The van der Waals surface area contributed by atoms with E-state index in [0.717, 1.165) is 17.4 Å². The molecule has 1 saturated heterocycles. The number of hydrogen-bond acceptors (Lipinski definition) is 2. The van der Waals surface area contributed by atoms with Gasteiger partial charge >= 0.3 is 0 Å². The summed E-state index contributed by atoms with van der Waals surface area (Å²) in [5, 5.41) is 9.22. The molecule has 1 aromatic carbocycles. The van der Waals surface area contributed by atoms with Crippen molar-refractivity contribution in [2.45, 2.75) is 19.4 Å². The van der Waals surface area contributed by atoms with E-state index in [0.29, 0.717) is 18.6 Å². The zero-order valence-corrected chi connectivity index (χ0v) is 10.4. The molecule has 3 heteroatoms. The van der Waals surface area contributed by atoms with E-state index in [4.69, 9.17) is 0 Å². The van der Waals surface area contributed by atoms with E-state index in [-0.39, 0.29) is 0 Å². The minimum atomic E-state index is 0.297. The first-order valence-electron chi connectivity index (χ1n) is 5.35. The molecule has 2 atom stereocenters. The highest BCUT2D eigenvalue weighted by atomic mass is 79.9. The van der Waals surface area contributed by atoms with Crippen LogP contribution >= 0.6 is 15.9 Å². The molecule has 1 aliphatic rings. The Morgan fingerprint density at radius 1 is 1.53 bits per heavy atom. The quantitative estimate of drug-likeness (QED) is 0.893. The van der Waals surface area contributed by atoms with Crippen molar-refractivity contribution in [3.05, 3.63) is 28.7 Å². The Labute approximate surface area is 99.0 Å². The maximum absolute atomic E-state index is 9.22. The first-order chi connectivity index (χ1) is 7.22. The summed E-state index contributed by atoms with van der Waals surface area (Å²) in [6.07, 6.45) is 1.09. The highest BCUT2D eigenvalue weighted by Gasteiger charge is 2.29. The predicted molar refractivity (Wildman–Crippen MR) is 66.1 cm³/mol. The van der Waals surface area contributed by atoms with E-state index in [9.17, 15) is 5.11 Å². The van der Waals surface area contributed by atoms with Crippen molar-refractivity contribution < 1.29 is 5.11 Å². The van der Waals surface area contributed by atoms with Crippen LogP contribution in [0.4, 0.5) is 5.69 Å². The van der Waals surface area contributed by atoms with Crippen LogP contribution in [0.15, 0.2) is 28.7 Å². The van der Waals surface area contributed by atoms with Crippen LogP contribution in [0, 0.1) is 5.92 Å². The Kier molecular flexibility index (Phi) is 3.32. The molecule has 2 nitrogen and oxygen atoms in total. The van der Waals surface area contributed by atoms with Crippen LogP contribution in [-0.2, 0) is 0 Å². The van der Waals surface area contributed by atoms with Crippen molar-refractivity contribution in [2.24, 2.45) is 5.92 Å². The van der Waals surface area contributed by atoms with Gasteiger partial charge in [-0.1, -0.05) is 22.0 Å². The lowest BCUT2D eigenvalue weighted by molar-refractivity contribution is 0.221. The Morgan fingerprint density at radius 2 is 2.33 bits per heavy atom. The second kappa shape index (κ2) is 4.54. The fourth-order valence-electron chi connectivity index (χ4n) is 2.27. The van der Waals surface area contributed by atoms with Crippen molar-refractivity contribution in [3.63, 3.8) is 0 Å². The third-order valence-electron chi connectivity index (χ3n) is 3.29. The summed E-state index contributed by atoms with van der Waals surface area (Å²) in [6, 6.07) is 8.79. The maximum Gasteiger partial charge on any atom is 0.0479 e. The summed E-state index contributed by atoms with van der Waals surface area (Å²) < 4.78 is 1.11. The first kappa shape index (κ1) is 11.0. The van der Waals surface area contributed by atoms with Crippen LogP contribution in [0.2, 0.25) is 0 Å². The predicted octanol–water partition coefficient (Wildman–Crippen LogP) is 2.66. The van der Waals surface area contributed by atoms with Gasteiger partial charge in [0.1, 0.15) is 0 Å². The average Bonchev–Trinajstić information content (AvgIpc) is 2.59. The lowest BCUT2D eigenvalue weighted by atomic mass is 10.0. The number of nitrogens with zero attached hydrogens (tertiary/aromatic N) is 1. The molecule has 0 radical (unpaired) electrons. The number of rotatable bonds is 2. The van der Waals surface area contributed by atoms with E-state index in [2.05, 4.69) is 46.0 Å². The van der Waals surface area contributed by atoms with E-state index in [1.54, 1.807) is 0 Å². The molecule has 1 fully saturated rings. The van der Waals surface area contributed by atoms with E-state index in [1.165, 1.54) is 5.69 Å². The molecule has 1 heterocycles. The number of halogens is 1. The standard InChI is InChI=1S/C12H16BrNO/c1-9-10(8-15)5-6-14(9)12-4-2-3-11(13)7-12/h2-4,7,9-10,15H,5-6,8H2,1H3. The molecule has 0 spiro atoms. The maximum atomic E-state index is 9.22. The molecular weight excluding hydrogens is 254 g/mol. The van der Waals surface area contributed by atoms with Gasteiger partial charge in [0, 0.05) is 35.3 Å². The highest BCUT2D eigenvalue weighted by molar-refractivity contribution is 9.10. The smallest absolute Gasteiger partial charge is 0.0479 e. The molecule has 2 unspecified atom stereocenters. The summed E-state index contributed by atoms with van der Waals surface area (Å²) in [5.41, 5.74) is 1.24. The molecule has 0 bridgehead atoms. The van der Waals surface area contributed by atoms with Gasteiger partial charge in [-0.05, 0) is 31.5 Å². The first-order valence-corrected chi connectivity index (χ1v) is 6.14. The molecule has 2 rings (SSSR count). The molecule has 0 aromatic heterocycles. The lowest BCUT2D eigenvalue weighted by Gasteiger charge is -2.26. The SMILES string of the molecule is CC1C(CO)CCN1c1cccc(Br)c1. The number of hydrogen-bond donors (Lipinski definition) is 1. The Hall–Kier alpha value is -0.540. The van der Waals surface area contributed by atoms with Gasteiger partial charge in [-0.3, -0.25) is 0 Å². The van der Waals surface area contributed by atoms with Crippen molar-refractivity contribution >= 4 is 21.6 Å². The molecular formula is C12H16BrNO. The Balaban J connectivity index is 2.18. The van der Waals surface area contributed by atoms with Crippen LogP contribution in [0.3, 0.4) is 0 Å². The van der Waals surface area contributed by atoms with Gasteiger partial charge in [-0.15, -0.1) is 0 Å². The molecule has 1 aromatic rings. The highest BCUT2D eigenvalue weighted by Crippen LogP contribution is 2.30. The Bertz CT molecular complexity index is 342. The normalized spacial score (nSPS) is 25.9. The number of anilines is 1. The number of aliphatic hydroxyl groups excluding tert-OH is 1. The fraction of sp³-hybridized carbons (Fsp3) is 0.500. The van der Waals surface area contributed by atoms with Gasteiger partial charge in [0.05, 0.1) is 0 Å². The van der Waals surface area contributed by atoms with Crippen molar-refractivity contribution in [2.75, 3.05) is 18.1 Å². The minimum absolute atomic E-state index is 0.297. The molecule has 0 saturated carbocycles. The van der Waals surface area contributed by atoms with Crippen LogP contribution in [-0.4, -0.2) is 24.3 Å². The zero-order valence-electron chi connectivity index (χ0n) is 8.86. The summed E-state index contributed by atoms with van der Waals surface area (Å²) in [6.45, 7) is 3.53. The van der Waals surface area contributed by atoms with Crippen LogP contribution in [0.1, 0.15) is 13.3 Å². The fourth-order valence-corrected chi connectivity index (χ4v) is 2.65. The summed E-state index contributed by atoms with van der Waals surface area (Å²) in [4.78, 5) is 2.37. The molecule has 0 aliphatic carbocycles. The van der Waals surface area contributed by atoms with Gasteiger partial charge in [-0.25, -0.2) is 0 Å². The van der Waals surface area contributed by atoms with Gasteiger partial charge in [-0.2, -0.15) is 0 Å². The van der Waals surface area contributed by atoms with E-state index in [1.807, 2.05) is 6.07 Å². The lowest BCUT2D eigenvalue weighted by Crippen LogP contribution is -2.30. The van der Waals surface area contributed by atoms with Gasteiger partial charge in [0.25, 0.3) is 0 Å². The number of aliphatic hydroxyl groups is 1. The van der Waals surface area contributed by atoms with Crippen LogP contribution in [0.25, 0.3) is 0 Å². The third kappa shape index (κ3) is 2.18. The second-order valence-corrected chi connectivity index (χ2v) is 5.06. The van der Waals surface area contributed by atoms with Crippen molar-refractivity contribution in [1.82, 2.24) is 0 Å². The monoisotopic (exact) mass is 269 g/mol. The molecule has 0 amide bonds. The molecule has 15 heavy (non-hydrogen) atoms. The van der Waals surface area contributed by atoms with Gasteiger partial charge in [0.15, 0.2) is 0 Å². The summed E-state index contributed by atoms with van der Waals surface area (Å²) >= 11 is 3.49. The Morgan fingerprint density at radius 3 is 2.93 bits per heavy atom. The van der Waals surface area contributed by atoms with Gasteiger partial charge in [0.2, 0.25) is 0 Å².